The number of aromatic nitrogens is 4. The molecule has 0 unspecified atom stereocenters. The van der Waals surface area contributed by atoms with Gasteiger partial charge in [-0.25, -0.2) is 0 Å². The van der Waals surface area contributed by atoms with E-state index in [9.17, 15) is 4.79 Å². The summed E-state index contributed by atoms with van der Waals surface area (Å²) in [6.45, 7) is 0.943. The summed E-state index contributed by atoms with van der Waals surface area (Å²) in [5.41, 5.74) is 1.80. The minimum Gasteiger partial charge on any atom is -0.349 e. The number of carbonyl (C=O) groups is 1. The second-order valence-electron chi connectivity index (χ2n) is 5.78. The zero-order chi connectivity index (χ0) is 17.2. The van der Waals surface area contributed by atoms with Crippen LogP contribution >= 0.6 is 11.6 Å². The molecular formula is C18H16ClN5O. The number of fused-ring (bicyclic) bond motifs is 2. The Balaban J connectivity index is 1.38. The van der Waals surface area contributed by atoms with Crippen LogP contribution in [0.15, 0.2) is 54.9 Å². The van der Waals surface area contributed by atoms with Crippen LogP contribution in [0.4, 0.5) is 0 Å². The SMILES string of the molecule is O=C(CCn1ccc2ccc(Cl)cc21)NCc1nnc2ccccn12. The maximum absolute atomic E-state index is 12.2. The van der Waals surface area contributed by atoms with E-state index in [1.165, 1.54) is 0 Å². The molecule has 0 radical (unpaired) electrons. The molecule has 0 saturated heterocycles. The number of nitrogens with one attached hydrogen (secondary N) is 1. The number of halogens is 1. The third-order valence-corrected chi connectivity index (χ3v) is 4.38. The van der Waals surface area contributed by atoms with Crippen molar-refractivity contribution in [2.45, 2.75) is 19.5 Å². The lowest BCUT2D eigenvalue weighted by molar-refractivity contribution is -0.121. The Kier molecular flexibility index (Phi) is 4.11. The second-order valence-corrected chi connectivity index (χ2v) is 6.22. The van der Waals surface area contributed by atoms with Crippen LogP contribution in [-0.2, 0) is 17.9 Å². The van der Waals surface area contributed by atoms with Gasteiger partial charge in [0.1, 0.15) is 0 Å². The number of aryl methyl sites for hydroxylation is 1. The Morgan fingerprint density at radius 1 is 1.12 bits per heavy atom. The number of benzene rings is 1. The molecule has 6 nitrogen and oxygen atoms in total. The fraction of sp³-hybridized carbons (Fsp3) is 0.167. The Hall–Kier alpha value is -2.86. The summed E-state index contributed by atoms with van der Waals surface area (Å²) in [6.07, 6.45) is 4.24. The van der Waals surface area contributed by atoms with Gasteiger partial charge >= 0.3 is 0 Å². The molecule has 3 heterocycles. The van der Waals surface area contributed by atoms with Crippen molar-refractivity contribution in [3.63, 3.8) is 0 Å². The molecule has 4 aromatic rings. The summed E-state index contributed by atoms with van der Waals surface area (Å²) in [6, 6.07) is 13.5. The Morgan fingerprint density at radius 2 is 2.04 bits per heavy atom. The fourth-order valence-corrected chi connectivity index (χ4v) is 3.02. The van der Waals surface area contributed by atoms with Gasteiger partial charge in [-0.3, -0.25) is 9.20 Å². The zero-order valence-electron chi connectivity index (χ0n) is 13.4. The number of hydrogen-bond acceptors (Lipinski definition) is 3. The third-order valence-electron chi connectivity index (χ3n) is 4.14. The minimum atomic E-state index is -0.0310. The Morgan fingerprint density at radius 3 is 2.96 bits per heavy atom. The quantitative estimate of drug-likeness (QED) is 0.599. The zero-order valence-corrected chi connectivity index (χ0v) is 14.1. The highest BCUT2D eigenvalue weighted by atomic mass is 35.5. The lowest BCUT2D eigenvalue weighted by Crippen LogP contribution is -2.24. The van der Waals surface area contributed by atoms with E-state index in [2.05, 4.69) is 15.5 Å². The van der Waals surface area contributed by atoms with Crippen molar-refractivity contribution < 1.29 is 4.79 Å². The lowest BCUT2D eigenvalue weighted by atomic mass is 10.2. The van der Waals surface area contributed by atoms with Crippen LogP contribution in [0.25, 0.3) is 16.6 Å². The van der Waals surface area contributed by atoms with Crippen LogP contribution in [0.5, 0.6) is 0 Å². The molecule has 25 heavy (non-hydrogen) atoms. The molecule has 126 valence electrons. The number of rotatable bonds is 5. The van der Waals surface area contributed by atoms with Gasteiger partial charge in [-0.2, -0.15) is 0 Å². The van der Waals surface area contributed by atoms with Gasteiger partial charge in [-0.1, -0.05) is 23.7 Å². The average molecular weight is 354 g/mol. The highest BCUT2D eigenvalue weighted by Crippen LogP contribution is 2.20. The van der Waals surface area contributed by atoms with Crippen molar-refractivity contribution in [2.75, 3.05) is 0 Å². The van der Waals surface area contributed by atoms with E-state index in [4.69, 9.17) is 11.6 Å². The largest absolute Gasteiger partial charge is 0.349 e. The second kappa shape index (κ2) is 6.57. The maximum Gasteiger partial charge on any atom is 0.222 e. The molecule has 3 aromatic heterocycles. The first-order valence-electron chi connectivity index (χ1n) is 8.00. The van der Waals surface area contributed by atoms with Gasteiger partial charge in [0.2, 0.25) is 5.91 Å². The fourth-order valence-electron chi connectivity index (χ4n) is 2.85. The topological polar surface area (TPSA) is 64.2 Å². The molecule has 0 spiro atoms. The number of pyridine rings is 1. The van der Waals surface area contributed by atoms with Gasteiger partial charge in [0.25, 0.3) is 0 Å². The minimum absolute atomic E-state index is 0.0310. The molecule has 1 aromatic carbocycles. The van der Waals surface area contributed by atoms with E-state index in [1.54, 1.807) is 0 Å². The van der Waals surface area contributed by atoms with Gasteiger partial charge in [0, 0.05) is 35.9 Å². The average Bonchev–Trinajstić information content (AvgIpc) is 3.22. The Bertz CT molecular complexity index is 1050. The first-order chi connectivity index (χ1) is 12.2. The molecule has 4 rings (SSSR count). The monoisotopic (exact) mass is 353 g/mol. The summed E-state index contributed by atoms with van der Waals surface area (Å²) in [5.74, 6) is 0.679. The maximum atomic E-state index is 12.2. The van der Waals surface area contributed by atoms with Crippen LogP contribution in [0, 0.1) is 0 Å². The van der Waals surface area contributed by atoms with Crippen molar-refractivity contribution in [3.8, 4) is 0 Å². The van der Waals surface area contributed by atoms with Crippen molar-refractivity contribution in [1.82, 2.24) is 24.5 Å². The van der Waals surface area contributed by atoms with Gasteiger partial charge < -0.3 is 9.88 Å². The molecule has 0 aliphatic heterocycles. The first kappa shape index (κ1) is 15.7. The van der Waals surface area contributed by atoms with E-state index in [1.807, 2.05) is 63.8 Å². The van der Waals surface area contributed by atoms with Crippen LogP contribution in [0.1, 0.15) is 12.2 Å². The molecule has 0 fully saturated rings. The van der Waals surface area contributed by atoms with Crippen molar-refractivity contribution in [1.29, 1.82) is 0 Å². The number of amides is 1. The first-order valence-corrected chi connectivity index (χ1v) is 8.38. The normalized spacial score (nSPS) is 11.2. The van der Waals surface area contributed by atoms with Gasteiger partial charge in [-0.05, 0) is 35.7 Å². The summed E-state index contributed by atoms with van der Waals surface area (Å²) in [4.78, 5) is 12.2. The predicted molar refractivity (Wildman–Crippen MR) is 96.4 cm³/mol. The summed E-state index contributed by atoms with van der Waals surface area (Å²) < 4.78 is 3.90. The third kappa shape index (κ3) is 3.21. The molecule has 1 amide bonds. The highest BCUT2D eigenvalue weighted by molar-refractivity contribution is 6.31. The van der Waals surface area contributed by atoms with Crippen molar-refractivity contribution in [2.24, 2.45) is 0 Å². The molecule has 0 aliphatic carbocycles. The summed E-state index contributed by atoms with van der Waals surface area (Å²) in [7, 11) is 0. The van der Waals surface area contributed by atoms with Gasteiger partial charge in [0.05, 0.1) is 6.54 Å². The predicted octanol–water partition coefficient (Wildman–Crippen LogP) is 3.04. The van der Waals surface area contributed by atoms with E-state index < -0.39 is 0 Å². The molecule has 7 heteroatoms. The number of nitrogens with zero attached hydrogens (tertiary/aromatic N) is 4. The van der Waals surface area contributed by atoms with E-state index >= 15 is 0 Å². The van der Waals surface area contributed by atoms with Gasteiger partial charge in [-0.15, -0.1) is 10.2 Å². The van der Waals surface area contributed by atoms with E-state index in [-0.39, 0.29) is 5.91 Å². The van der Waals surface area contributed by atoms with Crippen molar-refractivity contribution >= 4 is 34.1 Å². The standard InChI is InChI=1S/C18H16ClN5O/c19-14-5-4-13-6-9-23(15(13)11-14)10-7-18(25)20-12-17-22-21-16-3-1-2-8-24(16)17/h1-6,8-9,11H,7,10,12H2,(H,20,25). The van der Waals surface area contributed by atoms with Crippen LogP contribution in [0.3, 0.4) is 0 Å². The molecule has 1 N–H and O–H groups in total. The van der Waals surface area contributed by atoms with E-state index in [0.29, 0.717) is 30.4 Å². The van der Waals surface area contributed by atoms with Crippen molar-refractivity contribution in [3.05, 3.63) is 65.7 Å². The van der Waals surface area contributed by atoms with Crippen LogP contribution in [-0.4, -0.2) is 25.1 Å². The van der Waals surface area contributed by atoms with E-state index in [0.717, 1.165) is 16.6 Å². The molecule has 0 aliphatic rings. The molecular weight excluding hydrogens is 338 g/mol. The number of hydrogen-bond donors (Lipinski definition) is 1. The Labute approximate surface area is 149 Å². The summed E-state index contributed by atoms with van der Waals surface area (Å²) >= 11 is 6.06. The molecule has 0 atom stereocenters. The van der Waals surface area contributed by atoms with Gasteiger partial charge in [0.15, 0.2) is 11.5 Å². The smallest absolute Gasteiger partial charge is 0.222 e. The number of carbonyl (C=O) groups excluding carboxylic acids is 1. The lowest BCUT2D eigenvalue weighted by Gasteiger charge is -2.07. The summed E-state index contributed by atoms with van der Waals surface area (Å²) in [5, 5.41) is 12.9. The molecule has 0 saturated carbocycles. The van der Waals surface area contributed by atoms with Crippen LogP contribution < -0.4 is 5.32 Å². The molecule has 0 bridgehead atoms. The highest BCUT2D eigenvalue weighted by Gasteiger charge is 2.08. The van der Waals surface area contributed by atoms with Crippen LogP contribution in [0.2, 0.25) is 5.02 Å².